The summed E-state index contributed by atoms with van der Waals surface area (Å²) in [6.45, 7) is 18.7. The van der Waals surface area contributed by atoms with Crippen molar-refractivity contribution in [2.24, 2.45) is 33.9 Å². The highest BCUT2D eigenvalue weighted by Gasteiger charge is 2.15. The Morgan fingerprint density at radius 2 is 0.775 bits per heavy atom. The van der Waals surface area contributed by atoms with Gasteiger partial charge in [0.05, 0.1) is 25.3 Å². The van der Waals surface area contributed by atoms with Crippen LogP contribution in [0.3, 0.4) is 0 Å². The number of unbranched alkanes of at least 4 members (excludes halogenated alkanes) is 2. The second kappa shape index (κ2) is 22.8. The van der Waals surface area contributed by atoms with Crippen LogP contribution in [0.4, 0.5) is 0 Å². The summed E-state index contributed by atoms with van der Waals surface area (Å²) in [6, 6.07) is -0.218. The van der Waals surface area contributed by atoms with Crippen molar-refractivity contribution in [2.75, 3.05) is 26.4 Å². The zero-order valence-electron chi connectivity index (χ0n) is 27.1. The summed E-state index contributed by atoms with van der Waals surface area (Å²) in [6.07, 6.45) is 8.23. The maximum Gasteiger partial charge on any atom is 0.0944 e. The van der Waals surface area contributed by atoms with Crippen molar-refractivity contribution in [2.45, 2.75) is 132 Å². The van der Waals surface area contributed by atoms with Crippen molar-refractivity contribution < 1.29 is 9.47 Å². The summed E-state index contributed by atoms with van der Waals surface area (Å²) in [4.78, 5) is 0. The predicted octanol–water partition coefficient (Wildman–Crippen LogP) is 8.81. The predicted molar refractivity (Wildman–Crippen MR) is 170 cm³/mol. The number of ether oxygens (including phenoxy) is 2. The van der Waals surface area contributed by atoms with Crippen LogP contribution in [-0.2, 0) is 9.47 Å². The molecule has 0 aliphatic rings. The minimum Gasteiger partial charge on any atom is -0.379 e. The molecule has 8 nitrogen and oxygen atoms in total. The van der Waals surface area contributed by atoms with Crippen LogP contribution >= 0.6 is 0 Å². The molecule has 232 valence electrons. The van der Waals surface area contributed by atoms with Crippen molar-refractivity contribution in [3.63, 3.8) is 0 Å². The molecule has 0 heterocycles. The fourth-order valence-corrected chi connectivity index (χ4v) is 3.81. The van der Waals surface area contributed by atoms with E-state index in [9.17, 15) is 0 Å². The zero-order chi connectivity index (χ0) is 30.5. The molecule has 0 bridgehead atoms. The Balaban J connectivity index is 5.01. The Morgan fingerprint density at radius 1 is 0.475 bits per heavy atom. The molecule has 0 saturated carbocycles. The van der Waals surface area contributed by atoms with Crippen molar-refractivity contribution in [1.29, 1.82) is 21.6 Å². The van der Waals surface area contributed by atoms with E-state index in [0.29, 0.717) is 51.1 Å². The van der Waals surface area contributed by atoms with Crippen LogP contribution in [0, 0.1) is 45.3 Å². The summed E-state index contributed by atoms with van der Waals surface area (Å²) in [5.74, 6) is 1.06. The molecular weight excluding hydrogens is 500 g/mol. The first kappa shape index (κ1) is 38.2. The summed E-state index contributed by atoms with van der Waals surface area (Å²) in [5.41, 5.74) is 3.05. The molecule has 0 aliphatic carbocycles. The first-order valence-corrected chi connectivity index (χ1v) is 15.7. The van der Waals surface area contributed by atoms with Gasteiger partial charge in [0.1, 0.15) is 0 Å². The van der Waals surface area contributed by atoms with E-state index in [0.717, 1.165) is 74.2 Å². The monoisotopic (exact) mass is 562 g/mol. The van der Waals surface area contributed by atoms with Gasteiger partial charge in [-0.2, -0.15) is 10.2 Å². The van der Waals surface area contributed by atoms with Crippen molar-refractivity contribution >= 4 is 22.8 Å². The maximum absolute atomic E-state index is 8.26. The molecule has 0 fully saturated rings. The minimum absolute atomic E-state index is 0.109. The molecule has 40 heavy (non-hydrogen) atoms. The van der Waals surface area contributed by atoms with Gasteiger partial charge in [-0.1, -0.05) is 55.4 Å². The Bertz CT molecular complexity index is 699. The van der Waals surface area contributed by atoms with Crippen molar-refractivity contribution in [3.05, 3.63) is 0 Å². The van der Waals surface area contributed by atoms with Crippen LogP contribution in [0.2, 0.25) is 0 Å². The summed E-state index contributed by atoms with van der Waals surface area (Å²) >= 11 is 0. The third kappa shape index (κ3) is 20.1. The number of nitrogens with zero attached hydrogens (tertiary/aromatic N) is 2. The van der Waals surface area contributed by atoms with E-state index in [1.165, 1.54) is 0 Å². The number of rotatable bonds is 26. The zero-order valence-corrected chi connectivity index (χ0v) is 27.1. The molecule has 0 saturated heterocycles. The SMILES string of the molecule is CC(C)C(=N)CCCCOCC(CCC(=N)C(C)C)N=NC(CCC(=N)C(C)C)COCCCCC(=N)C(C)C. The Labute approximate surface area is 245 Å². The van der Waals surface area contributed by atoms with E-state index in [1.807, 2.05) is 27.7 Å². The van der Waals surface area contributed by atoms with Gasteiger partial charge < -0.3 is 31.1 Å². The molecule has 2 unspecified atom stereocenters. The Hall–Kier alpha value is -1.80. The van der Waals surface area contributed by atoms with Gasteiger partial charge in [-0.05, 0) is 87.9 Å². The third-order valence-corrected chi connectivity index (χ3v) is 7.26. The van der Waals surface area contributed by atoms with Crippen LogP contribution < -0.4 is 0 Å². The van der Waals surface area contributed by atoms with Gasteiger partial charge in [0, 0.05) is 36.1 Å². The first-order chi connectivity index (χ1) is 18.8. The second-order valence-corrected chi connectivity index (χ2v) is 12.4. The lowest BCUT2D eigenvalue weighted by Gasteiger charge is -2.17. The molecule has 0 aromatic carbocycles. The smallest absolute Gasteiger partial charge is 0.0944 e. The topological polar surface area (TPSA) is 139 Å². The van der Waals surface area contributed by atoms with Crippen LogP contribution in [0.15, 0.2) is 10.2 Å². The highest BCUT2D eigenvalue weighted by atomic mass is 16.5. The average Bonchev–Trinajstić information content (AvgIpc) is 2.90. The number of hydrogen-bond donors (Lipinski definition) is 4. The molecule has 8 heteroatoms. The van der Waals surface area contributed by atoms with Gasteiger partial charge in [0.25, 0.3) is 0 Å². The lowest BCUT2D eigenvalue weighted by Crippen LogP contribution is -2.20. The fourth-order valence-electron chi connectivity index (χ4n) is 3.81. The summed E-state index contributed by atoms with van der Waals surface area (Å²) in [7, 11) is 0. The highest BCUT2D eigenvalue weighted by molar-refractivity contribution is 5.84. The van der Waals surface area contributed by atoms with Crippen LogP contribution in [0.1, 0.15) is 120 Å². The highest BCUT2D eigenvalue weighted by Crippen LogP contribution is 2.14. The van der Waals surface area contributed by atoms with Gasteiger partial charge in [-0.3, -0.25) is 0 Å². The molecule has 0 aromatic heterocycles. The molecule has 0 aromatic rings. The van der Waals surface area contributed by atoms with E-state index in [4.69, 9.17) is 41.3 Å². The van der Waals surface area contributed by atoms with Crippen molar-refractivity contribution in [3.8, 4) is 0 Å². The van der Waals surface area contributed by atoms with Gasteiger partial charge in [-0.25, -0.2) is 0 Å². The van der Waals surface area contributed by atoms with Crippen molar-refractivity contribution in [1.82, 2.24) is 0 Å². The first-order valence-electron chi connectivity index (χ1n) is 15.7. The normalized spacial score (nSPS) is 13.6. The van der Waals surface area contributed by atoms with E-state index in [1.54, 1.807) is 0 Å². The quantitative estimate of drug-likeness (QED) is 0.0475. The summed E-state index contributed by atoms with van der Waals surface area (Å²) in [5, 5.41) is 41.9. The lowest BCUT2D eigenvalue weighted by atomic mass is 10.0. The summed E-state index contributed by atoms with van der Waals surface area (Å²) < 4.78 is 12.0. The number of nitrogens with one attached hydrogen (secondary N) is 4. The van der Waals surface area contributed by atoms with E-state index < -0.39 is 0 Å². The molecule has 0 aliphatic heterocycles. The standard InChI is InChI=1S/C32H62N6O2/c1-23(2)29(33)13-9-11-19-39-21-27(15-17-31(35)25(5)6)37-38-28(16-18-32(36)26(7)8)22-40-20-12-10-14-30(34)24(3)4/h23-28,33-36H,9-22H2,1-8H3. The molecule has 0 rings (SSSR count). The molecule has 0 spiro atoms. The minimum atomic E-state index is -0.109. The van der Waals surface area contributed by atoms with E-state index in [-0.39, 0.29) is 23.9 Å². The molecule has 4 N–H and O–H groups in total. The Kier molecular flexibility index (Phi) is 21.8. The molecule has 0 radical (unpaired) electrons. The number of azo groups is 1. The van der Waals surface area contributed by atoms with E-state index in [2.05, 4.69) is 27.7 Å². The van der Waals surface area contributed by atoms with Crippen LogP contribution in [0.25, 0.3) is 0 Å². The Morgan fingerprint density at radius 3 is 1.07 bits per heavy atom. The number of hydrogen-bond acceptors (Lipinski definition) is 8. The fraction of sp³-hybridized carbons (Fsp3) is 0.875. The van der Waals surface area contributed by atoms with Gasteiger partial charge in [0.2, 0.25) is 0 Å². The maximum atomic E-state index is 8.26. The lowest BCUT2D eigenvalue weighted by molar-refractivity contribution is 0.107. The van der Waals surface area contributed by atoms with Gasteiger partial charge >= 0.3 is 0 Å². The average molecular weight is 563 g/mol. The molecule has 0 amide bonds. The van der Waals surface area contributed by atoms with Crippen LogP contribution in [0.5, 0.6) is 0 Å². The molecule has 2 atom stereocenters. The molecular formula is C32H62N6O2. The second-order valence-electron chi connectivity index (χ2n) is 12.4. The third-order valence-electron chi connectivity index (χ3n) is 7.26. The van der Waals surface area contributed by atoms with Crippen LogP contribution in [-0.4, -0.2) is 61.4 Å². The largest absolute Gasteiger partial charge is 0.379 e. The van der Waals surface area contributed by atoms with E-state index >= 15 is 0 Å². The van der Waals surface area contributed by atoms with Gasteiger partial charge in [0.15, 0.2) is 0 Å². The van der Waals surface area contributed by atoms with Gasteiger partial charge in [-0.15, -0.1) is 0 Å².